The molecule has 0 atom stereocenters. The number of aromatic amines is 1. The summed E-state index contributed by atoms with van der Waals surface area (Å²) in [7, 11) is 3.09. The number of thioether (sulfide) groups is 1. The first-order valence-electron chi connectivity index (χ1n) is 11.2. The number of hydrogen-bond donors (Lipinski definition) is 2. The number of aryl methyl sites for hydroxylation is 1. The van der Waals surface area contributed by atoms with E-state index >= 15 is 0 Å². The van der Waals surface area contributed by atoms with Crippen molar-refractivity contribution in [3.05, 3.63) is 82.6 Å². The van der Waals surface area contributed by atoms with Crippen molar-refractivity contribution in [1.82, 2.24) is 14.5 Å². The smallest absolute Gasteiger partial charge is 0.283 e. The number of fused-ring (bicyclic) bond motifs is 3. The highest BCUT2D eigenvalue weighted by Crippen LogP contribution is 2.30. The van der Waals surface area contributed by atoms with Gasteiger partial charge in [0.1, 0.15) is 11.0 Å². The van der Waals surface area contributed by atoms with Crippen molar-refractivity contribution in [1.29, 1.82) is 0 Å². The van der Waals surface area contributed by atoms with E-state index in [1.165, 1.54) is 18.9 Å². The van der Waals surface area contributed by atoms with Crippen LogP contribution in [0.3, 0.4) is 0 Å². The number of amides is 1. The van der Waals surface area contributed by atoms with Crippen LogP contribution in [0.5, 0.6) is 11.5 Å². The molecule has 2 aromatic heterocycles. The Kier molecular flexibility index (Phi) is 6.39. The first-order valence-corrected chi connectivity index (χ1v) is 12.2. The number of benzene rings is 3. The molecule has 5 aromatic rings. The van der Waals surface area contributed by atoms with E-state index in [9.17, 15) is 9.59 Å². The SMILES string of the molecule is COc1ccc(NC(=O)CSc2nc3c([nH]c4ccccc43)c(=O)n2-c2ccccc2C)cc1OC. The van der Waals surface area contributed by atoms with Gasteiger partial charge < -0.3 is 19.8 Å². The maximum Gasteiger partial charge on any atom is 0.283 e. The highest BCUT2D eigenvalue weighted by atomic mass is 32.2. The van der Waals surface area contributed by atoms with Crippen molar-refractivity contribution in [2.75, 3.05) is 25.3 Å². The quantitative estimate of drug-likeness (QED) is 0.243. The third-order valence-corrected chi connectivity index (χ3v) is 6.79. The number of methoxy groups -OCH3 is 2. The number of hydrogen-bond acceptors (Lipinski definition) is 6. The molecule has 0 aliphatic rings. The van der Waals surface area contributed by atoms with Crippen molar-refractivity contribution >= 4 is 45.3 Å². The Labute approximate surface area is 211 Å². The zero-order valence-corrected chi connectivity index (χ0v) is 20.8. The van der Waals surface area contributed by atoms with E-state index in [0.29, 0.717) is 33.4 Å². The van der Waals surface area contributed by atoms with E-state index in [4.69, 9.17) is 14.5 Å². The van der Waals surface area contributed by atoms with Crippen molar-refractivity contribution in [2.45, 2.75) is 12.1 Å². The minimum atomic E-state index is -0.239. The van der Waals surface area contributed by atoms with E-state index in [0.717, 1.165) is 22.2 Å². The summed E-state index contributed by atoms with van der Waals surface area (Å²) in [6, 6.07) is 20.4. The van der Waals surface area contributed by atoms with E-state index in [1.807, 2.05) is 55.5 Å². The molecular formula is C27H24N4O4S. The number of H-pyrrole nitrogens is 1. The molecule has 2 heterocycles. The zero-order valence-electron chi connectivity index (χ0n) is 20.0. The lowest BCUT2D eigenvalue weighted by Gasteiger charge is -2.14. The Morgan fingerprint density at radius 1 is 1.03 bits per heavy atom. The van der Waals surface area contributed by atoms with Crippen molar-refractivity contribution in [2.24, 2.45) is 0 Å². The molecule has 0 radical (unpaired) electrons. The van der Waals surface area contributed by atoms with Crippen LogP contribution in [0.4, 0.5) is 5.69 Å². The third-order valence-electron chi connectivity index (χ3n) is 5.85. The Bertz CT molecular complexity index is 1660. The molecule has 3 aromatic carbocycles. The average molecular weight is 501 g/mol. The van der Waals surface area contributed by atoms with Gasteiger partial charge in [0.05, 0.1) is 25.7 Å². The lowest BCUT2D eigenvalue weighted by atomic mass is 10.2. The van der Waals surface area contributed by atoms with Crippen molar-refractivity contribution in [3.63, 3.8) is 0 Å². The molecule has 0 aliphatic carbocycles. The number of aromatic nitrogens is 3. The first kappa shape index (κ1) is 23.5. The Balaban J connectivity index is 1.51. The number of carbonyl (C=O) groups is 1. The zero-order chi connectivity index (χ0) is 25.2. The normalized spacial score (nSPS) is 11.1. The number of nitrogens with zero attached hydrogens (tertiary/aromatic N) is 2. The second kappa shape index (κ2) is 9.79. The van der Waals surface area contributed by atoms with E-state index in [2.05, 4.69) is 10.3 Å². The summed E-state index contributed by atoms with van der Waals surface area (Å²) in [4.78, 5) is 34.6. The molecule has 36 heavy (non-hydrogen) atoms. The highest BCUT2D eigenvalue weighted by Gasteiger charge is 2.19. The van der Waals surface area contributed by atoms with E-state index in [1.54, 1.807) is 29.9 Å². The fraction of sp³-hybridized carbons (Fsp3) is 0.148. The highest BCUT2D eigenvalue weighted by molar-refractivity contribution is 7.99. The minimum absolute atomic E-state index is 0.0561. The van der Waals surface area contributed by atoms with Gasteiger partial charge in [0, 0.05) is 22.7 Å². The molecule has 9 heteroatoms. The predicted molar refractivity (Wildman–Crippen MR) is 143 cm³/mol. The monoisotopic (exact) mass is 500 g/mol. The molecule has 182 valence electrons. The van der Waals surface area contributed by atoms with Crippen LogP contribution in [-0.2, 0) is 4.79 Å². The number of nitrogens with one attached hydrogen (secondary N) is 2. The molecule has 0 unspecified atom stereocenters. The number of ether oxygens (including phenoxy) is 2. The summed E-state index contributed by atoms with van der Waals surface area (Å²) in [5, 5.41) is 4.17. The summed E-state index contributed by atoms with van der Waals surface area (Å²) < 4.78 is 12.1. The molecular weight excluding hydrogens is 476 g/mol. The largest absolute Gasteiger partial charge is 0.493 e. The van der Waals surface area contributed by atoms with Crippen molar-refractivity contribution < 1.29 is 14.3 Å². The number of anilines is 1. The summed E-state index contributed by atoms with van der Waals surface area (Å²) in [5.74, 6) is 0.906. The van der Waals surface area contributed by atoms with Crippen LogP contribution in [0.25, 0.3) is 27.6 Å². The Morgan fingerprint density at radius 2 is 1.78 bits per heavy atom. The second-order valence-electron chi connectivity index (χ2n) is 8.12. The van der Waals surface area contributed by atoms with Crippen LogP contribution in [0.2, 0.25) is 0 Å². The third kappa shape index (κ3) is 4.29. The summed E-state index contributed by atoms with van der Waals surface area (Å²) in [6.07, 6.45) is 0. The molecule has 5 rings (SSSR count). The Morgan fingerprint density at radius 3 is 2.56 bits per heavy atom. The fourth-order valence-corrected chi connectivity index (χ4v) is 4.91. The number of rotatable bonds is 7. The average Bonchev–Trinajstić information content (AvgIpc) is 3.27. The molecule has 0 aliphatic heterocycles. The topological polar surface area (TPSA) is 98.2 Å². The van der Waals surface area contributed by atoms with Gasteiger partial charge >= 0.3 is 0 Å². The number of para-hydroxylation sites is 2. The van der Waals surface area contributed by atoms with Gasteiger partial charge in [-0.3, -0.25) is 14.2 Å². The van der Waals surface area contributed by atoms with E-state index < -0.39 is 0 Å². The Hall–Kier alpha value is -4.24. The molecule has 0 saturated carbocycles. The predicted octanol–water partition coefficient (Wildman–Crippen LogP) is 4.92. The fourth-order valence-electron chi connectivity index (χ4n) is 4.11. The van der Waals surface area contributed by atoms with Gasteiger partial charge in [0.15, 0.2) is 16.7 Å². The van der Waals surface area contributed by atoms with Crippen LogP contribution in [0.1, 0.15) is 5.56 Å². The van der Waals surface area contributed by atoms with Crippen LogP contribution in [0, 0.1) is 6.92 Å². The van der Waals surface area contributed by atoms with E-state index in [-0.39, 0.29) is 17.2 Å². The van der Waals surface area contributed by atoms with Gasteiger partial charge in [0.2, 0.25) is 5.91 Å². The van der Waals surface area contributed by atoms with Gasteiger partial charge in [-0.2, -0.15) is 0 Å². The minimum Gasteiger partial charge on any atom is -0.493 e. The number of carbonyl (C=O) groups excluding carboxylic acids is 1. The van der Waals surface area contributed by atoms with Gasteiger partial charge in [-0.1, -0.05) is 48.2 Å². The molecule has 1 amide bonds. The lowest BCUT2D eigenvalue weighted by molar-refractivity contribution is -0.113. The van der Waals surface area contributed by atoms with Gasteiger partial charge in [0.25, 0.3) is 5.56 Å². The molecule has 0 fully saturated rings. The lowest BCUT2D eigenvalue weighted by Crippen LogP contribution is -2.23. The summed E-state index contributed by atoms with van der Waals surface area (Å²) >= 11 is 1.21. The molecule has 0 spiro atoms. The first-order chi connectivity index (χ1) is 17.5. The maximum atomic E-state index is 13.7. The van der Waals surface area contributed by atoms with Crippen molar-refractivity contribution in [3.8, 4) is 17.2 Å². The maximum absolute atomic E-state index is 13.7. The summed E-state index contributed by atoms with van der Waals surface area (Å²) in [6.45, 7) is 1.94. The van der Waals surface area contributed by atoms with Crippen LogP contribution < -0.4 is 20.3 Å². The van der Waals surface area contributed by atoms with Gasteiger partial charge in [-0.25, -0.2) is 4.98 Å². The second-order valence-corrected chi connectivity index (χ2v) is 9.06. The molecule has 2 N–H and O–H groups in total. The molecule has 8 nitrogen and oxygen atoms in total. The molecule has 0 saturated heterocycles. The molecule has 0 bridgehead atoms. The summed E-state index contributed by atoms with van der Waals surface area (Å²) in [5.41, 5.74) is 3.86. The van der Waals surface area contributed by atoms with Gasteiger partial charge in [-0.05, 0) is 36.8 Å². The standard InChI is InChI=1S/C27H24N4O4S/c1-16-8-4-7-11-20(16)31-26(33)25-24(18-9-5-6-10-19(18)29-25)30-27(31)36-15-23(32)28-17-12-13-21(34-2)22(14-17)35-3/h4-14,29H,15H2,1-3H3,(H,28,32). The van der Waals surface area contributed by atoms with Crippen LogP contribution in [-0.4, -0.2) is 40.4 Å². The van der Waals surface area contributed by atoms with Crippen LogP contribution in [0.15, 0.2) is 76.7 Å². The van der Waals surface area contributed by atoms with Crippen LogP contribution >= 0.6 is 11.8 Å². The van der Waals surface area contributed by atoms with Gasteiger partial charge in [-0.15, -0.1) is 0 Å².